The number of benzene rings is 1. The summed E-state index contributed by atoms with van der Waals surface area (Å²) >= 11 is 0. The van der Waals surface area contributed by atoms with Crippen LogP contribution in [0, 0.1) is 0 Å². The molecule has 7 heteroatoms. The quantitative estimate of drug-likeness (QED) is 0.580. The molecule has 0 bridgehead atoms. The lowest BCUT2D eigenvalue weighted by molar-refractivity contribution is 0.183. The minimum atomic E-state index is -0.510. The highest BCUT2D eigenvalue weighted by Crippen LogP contribution is 2.04. The molecule has 0 aliphatic heterocycles. The van der Waals surface area contributed by atoms with Gasteiger partial charge >= 0.3 is 0 Å². The van der Waals surface area contributed by atoms with Gasteiger partial charge in [0.1, 0.15) is 12.2 Å². The SMILES string of the molecule is CCNC(=NCC(O)Cc1ccccc1)N(C)Cc1ncnn1C. The smallest absolute Gasteiger partial charge is 0.194 e. The number of aliphatic imine (C=N–C) groups is 1. The number of hydrogen-bond donors (Lipinski definition) is 2. The van der Waals surface area contributed by atoms with E-state index in [9.17, 15) is 5.11 Å². The molecule has 0 amide bonds. The van der Waals surface area contributed by atoms with E-state index in [1.54, 1.807) is 4.68 Å². The van der Waals surface area contributed by atoms with Crippen LogP contribution in [0.2, 0.25) is 0 Å². The number of nitrogens with one attached hydrogen (secondary N) is 1. The lowest BCUT2D eigenvalue weighted by atomic mass is 10.1. The Bertz CT molecular complexity index is 640. The van der Waals surface area contributed by atoms with E-state index >= 15 is 0 Å². The largest absolute Gasteiger partial charge is 0.391 e. The molecule has 2 aromatic rings. The average molecular weight is 330 g/mol. The van der Waals surface area contributed by atoms with Gasteiger partial charge in [-0.15, -0.1) is 0 Å². The summed E-state index contributed by atoms with van der Waals surface area (Å²) in [6, 6.07) is 9.95. The number of aromatic nitrogens is 3. The number of nitrogens with zero attached hydrogens (tertiary/aromatic N) is 5. The maximum Gasteiger partial charge on any atom is 0.194 e. The van der Waals surface area contributed by atoms with Gasteiger partial charge in [0.05, 0.1) is 19.2 Å². The fraction of sp³-hybridized carbons (Fsp3) is 0.471. The van der Waals surface area contributed by atoms with Crippen molar-refractivity contribution in [2.24, 2.45) is 12.0 Å². The van der Waals surface area contributed by atoms with E-state index in [2.05, 4.69) is 20.4 Å². The van der Waals surface area contributed by atoms with Crippen LogP contribution in [-0.4, -0.2) is 57.0 Å². The van der Waals surface area contributed by atoms with Crippen LogP contribution in [0.1, 0.15) is 18.3 Å². The first-order valence-electron chi connectivity index (χ1n) is 8.14. The van der Waals surface area contributed by atoms with Crippen molar-refractivity contribution in [1.29, 1.82) is 0 Å². The molecule has 0 spiro atoms. The van der Waals surface area contributed by atoms with Crippen LogP contribution in [0.5, 0.6) is 0 Å². The summed E-state index contributed by atoms with van der Waals surface area (Å²) in [7, 11) is 3.81. The molecule has 130 valence electrons. The molecule has 2 N–H and O–H groups in total. The van der Waals surface area contributed by atoms with Gasteiger partial charge in [-0.3, -0.25) is 9.67 Å². The van der Waals surface area contributed by atoms with Crippen LogP contribution in [0.4, 0.5) is 0 Å². The van der Waals surface area contributed by atoms with Crippen molar-refractivity contribution >= 4 is 5.96 Å². The van der Waals surface area contributed by atoms with Crippen LogP contribution >= 0.6 is 0 Å². The van der Waals surface area contributed by atoms with Gasteiger partial charge < -0.3 is 15.3 Å². The Labute approximate surface area is 143 Å². The predicted octanol–water partition coefficient (Wildman–Crippen LogP) is 0.816. The summed E-state index contributed by atoms with van der Waals surface area (Å²) in [5.74, 6) is 1.60. The number of guanidine groups is 1. The lowest BCUT2D eigenvalue weighted by Gasteiger charge is -2.22. The molecule has 7 nitrogen and oxygen atoms in total. The first-order chi connectivity index (χ1) is 11.6. The maximum absolute atomic E-state index is 10.2. The van der Waals surface area contributed by atoms with Gasteiger partial charge in [0.15, 0.2) is 5.96 Å². The number of rotatable bonds is 7. The number of aliphatic hydroxyl groups is 1. The Morgan fingerprint density at radius 3 is 2.75 bits per heavy atom. The Kier molecular flexibility index (Phi) is 6.74. The zero-order valence-electron chi connectivity index (χ0n) is 14.6. The van der Waals surface area contributed by atoms with E-state index in [1.165, 1.54) is 6.33 Å². The van der Waals surface area contributed by atoms with Gasteiger partial charge in [0, 0.05) is 27.1 Å². The zero-order chi connectivity index (χ0) is 17.4. The zero-order valence-corrected chi connectivity index (χ0v) is 14.6. The van der Waals surface area contributed by atoms with Gasteiger partial charge in [-0.05, 0) is 12.5 Å². The summed E-state index contributed by atoms with van der Waals surface area (Å²) in [5.41, 5.74) is 1.11. The van der Waals surface area contributed by atoms with Crippen LogP contribution < -0.4 is 5.32 Å². The second-order valence-electron chi connectivity index (χ2n) is 5.69. The molecule has 0 aliphatic carbocycles. The maximum atomic E-state index is 10.2. The third-order valence-corrected chi connectivity index (χ3v) is 3.65. The molecule has 0 saturated carbocycles. The Hall–Kier alpha value is -2.41. The normalized spacial score (nSPS) is 12.9. The summed E-state index contributed by atoms with van der Waals surface area (Å²) in [6.45, 7) is 3.72. The molecule has 1 unspecified atom stereocenters. The van der Waals surface area contributed by atoms with Gasteiger partial charge in [0.25, 0.3) is 0 Å². The van der Waals surface area contributed by atoms with Crippen LogP contribution in [-0.2, 0) is 20.0 Å². The second-order valence-corrected chi connectivity index (χ2v) is 5.69. The Balaban J connectivity index is 1.95. The molecule has 1 heterocycles. The van der Waals surface area contributed by atoms with Crippen molar-refractivity contribution in [2.75, 3.05) is 20.1 Å². The molecule has 1 aromatic carbocycles. The summed E-state index contributed by atoms with van der Waals surface area (Å²) in [4.78, 5) is 10.7. The van der Waals surface area contributed by atoms with Crippen molar-refractivity contribution in [1.82, 2.24) is 25.0 Å². The van der Waals surface area contributed by atoms with E-state index < -0.39 is 6.10 Å². The van der Waals surface area contributed by atoms with E-state index in [1.807, 2.05) is 56.3 Å². The Morgan fingerprint density at radius 1 is 1.38 bits per heavy atom. The standard InChI is InChI=1S/C17H26N6O/c1-4-18-17(22(2)12-16-20-13-21-23(16)3)19-11-15(24)10-14-8-6-5-7-9-14/h5-9,13,15,24H,4,10-12H2,1-3H3,(H,18,19). The van der Waals surface area contributed by atoms with Gasteiger partial charge in [-0.2, -0.15) is 5.10 Å². The minimum Gasteiger partial charge on any atom is -0.391 e. The van der Waals surface area contributed by atoms with Crippen molar-refractivity contribution in [3.8, 4) is 0 Å². The second kappa shape index (κ2) is 9.02. The molecule has 0 fully saturated rings. The van der Waals surface area contributed by atoms with Crippen molar-refractivity contribution < 1.29 is 5.11 Å². The first-order valence-corrected chi connectivity index (χ1v) is 8.14. The highest BCUT2D eigenvalue weighted by molar-refractivity contribution is 5.79. The average Bonchev–Trinajstić information content (AvgIpc) is 2.97. The molecule has 0 aliphatic rings. The summed E-state index contributed by atoms with van der Waals surface area (Å²) in [6.07, 6.45) is 1.62. The highest BCUT2D eigenvalue weighted by Gasteiger charge is 2.11. The fourth-order valence-corrected chi connectivity index (χ4v) is 2.36. The number of aryl methyl sites for hydroxylation is 1. The molecule has 0 radical (unpaired) electrons. The predicted molar refractivity (Wildman–Crippen MR) is 94.6 cm³/mol. The first kappa shape index (κ1) is 17.9. The highest BCUT2D eigenvalue weighted by atomic mass is 16.3. The van der Waals surface area contributed by atoms with E-state index in [0.29, 0.717) is 19.5 Å². The van der Waals surface area contributed by atoms with Gasteiger partial charge in [0.2, 0.25) is 0 Å². The van der Waals surface area contributed by atoms with Gasteiger partial charge in [-0.25, -0.2) is 4.98 Å². The molecular formula is C17H26N6O. The van der Waals surface area contributed by atoms with E-state index in [4.69, 9.17) is 0 Å². The van der Waals surface area contributed by atoms with Crippen LogP contribution in [0.15, 0.2) is 41.7 Å². The monoisotopic (exact) mass is 330 g/mol. The van der Waals surface area contributed by atoms with E-state index in [-0.39, 0.29) is 0 Å². The van der Waals surface area contributed by atoms with Crippen molar-refractivity contribution in [3.05, 3.63) is 48.0 Å². The third kappa shape index (κ3) is 5.34. The minimum absolute atomic E-state index is 0.348. The van der Waals surface area contributed by atoms with Crippen molar-refractivity contribution in [3.63, 3.8) is 0 Å². The van der Waals surface area contributed by atoms with Crippen LogP contribution in [0.3, 0.4) is 0 Å². The lowest BCUT2D eigenvalue weighted by Crippen LogP contribution is -2.39. The number of hydrogen-bond acceptors (Lipinski definition) is 4. The molecule has 0 saturated heterocycles. The number of aliphatic hydroxyl groups excluding tert-OH is 1. The molecular weight excluding hydrogens is 304 g/mol. The topological polar surface area (TPSA) is 78.6 Å². The summed E-state index contributed by atoms with van der Waals surface area (Å²) in [5, 5.41) is 17.5. The molecule has 1 atom stereocenters. The van der Waals surface area contributed by atoms with Gasteiger partial charge in [-0.1, -0.05) is 30.3 Å². The summed E-state index contributed by atoms with van der Waals surface area (Å²) < 4.78 is 1.74. The fourth-order valence-electron chi connectivity index (χ4n) is 2.36. The van der Waals surface area contributed by atoms with Crippen LogP contribution in [0.25, 0.3) is 0 Å². The molecule has 2 rings (SSSR count). The van der Waals surface area contributed by atoms with E-state index in [0.717, 1.165) is 23.9 Å². The molecule has 1 aromatic heterocycles. The Morgan fingerprint density at radius 2 is 2.12 bits per heavy atom. The van der Waals surface area contributed by atoms with Crippen molar-refractivity contribution in [2.45, 2.75) is 26.0 Å². The molecule has 24 heavy (non-hydrogen) atoms. The third-order valence-electron chi connectivity index (χ3n) is 3.65.